The van der Waals surface area contributed by atoms with Crippen molar-refractivity contribution in [3.8, 4) is 11.5 Å². The van der Waals surface area contributed by atoms with Crippen LogP contribution in [0.15, 0.2) is 89.4 Å². The van der Waals surface area contributed by atoms with Crippen molar-refractivity contribution in [1.82, 2.24) is 0 Å². The van der Waals surface area contributed by atoms with Gasteiger partial charge in [-0.1, -0.05) is 48.5 Å². The van der Waals surface area contributed by atoms with Gasteiger partial charge in [-0.3, -0.25) is 0 Å². The fourth-order valence-corrected chi connectivity index (χ4v) is 4.60. The van der Waals surface area contributed by atoms with Gasteiger partial charge in [0, 0.05) is 4.47 Å². The Morgan fingerprint density at radius 1 is 0.652 bits per heavy atom. The quantitative estimate of drug-likeness (QED) is 0.547. The van der Waals surface area contributed by atoms with Gasteiger partial charge in [0.15, 0.2) is 0 Å². The minimum absolute atomic E-state index is 0.479. The number of hydrogen-bond acceptors (Lipinski definition) is 3. The van der Waals surface area contributed by atoms with Gasteiger partial charge >= 0.3 is 7.60 Å². The summed E-state index contributed by atoms with van der Waals surface area (Å²) in [5, 5.41) is 0.479. The lowest BCUT2D eigenvalue weighted by atomic mass is 10.3. The fourth-order valence-electron chi connectivity index (χ4n) is 2.03. The molecule has 3 aromatic carbocycles. The van der Waals surface area contributed by atoms with Crippen molar-refractivity contribution in [3.63, 3.8) is 0 Å². The standard InChI is InChI=1S/C18H14BrO3P/c19-17-13-7-8-14-18(17)23(20,21-15-9-3-1-4-10-15)22-16-11-5-2-6-12-16/h1-14H. The first-order valence-corrected chi connectivity index (χ1v) is 9.35. The Morgan fingerprint density at radius 2 is 1.09 bits per heavy atom. The van der Waals surface area contributed by atoms with E-state index in [9.17, 15) is 4.57 Å². The summed E-state index contributed by atoms with van der Waals surface area (Å²) in [5.74, 6) is 0.977. The molecule has 3 aromatic rings. The predicted molar refractivity (Wildman–Crippen MR) is 95.5 cm³/mol. The number of rotatable bonds is 5. The summed E-state index contributed by atoms with van der Waals surface area (Å²) in [6, 6.07) is 25.2. The smallest absolute Gasteiger partial charge is 0.413 e. The molecule has 0 bridgehead atoms. The number of halogens is 1. The van der Waals surface area contributed by atoms with E-state index in [1.165, 1.54) is 0 Å². The topological polar surface area (TPSA) is 35.5 Å². The third kappa shape index (κ3) is 3.84. The van der Waals surface area contributed by atoms with Gasteiger partial charge in [0.25, 0.3) is 0 Å². The van der Waals surface area contributed by atoms with E-state index in [0.29, 0.717) is 21.3 Å². The lowest BCUT2D eigenvalue weighted by molar-refractivity contribution is 0.399. The molecule has 0 aliphatic rings. The van der Waals surface area contributed by atoms with E-state index < -0.39 is 7.60 Å². The van der Waals surface area contributed by atoms with E-state index in [1.807, 2.05) is 48.5 Å². The fraction of sp³-hybridized carbons (Fsp3) is 0. The molecule has 116 valence electrons. The van der Waals surface area contributed by atoms with Gasteiger partial charge in [-0.05, 0) is 52.3 Å². The summed E-state index contributed by atoms with van der Waals surface area (Å²) in [6.07, 6.45) is 0. The van der Waals surface area contributed by atoms with Crippen LogP contribution in [0.1, 0.15) is 0 Å². The second-order valence-corrected chi connectivity index (χ2v) is 7.45. The second-order valence-electron chi connectivity index (χ2n) is 4.76. The molecular weight excluding hydrogens is 375 g/mol. The van der Waals surface area contributed by atoms with Gasteiger partial charge in [-0.15, -0.1) is 0 Å². The Labute approximate surface area is 143 Å². The molecule has 0 spiro atoms. The highest BCUT2D eigenvalue weighted by atomic mass is 79.9. The lowest BCUT2D eigenvalue weighted by Crippen LogP contribution is -2.16. The van der Waals surface area contributed by atoms with Crippen LogP contribution in [-0.4, -0.2) is 0 Å². The molecule has 0 radical (unpaired) electrons. The monoisotopic (exact) mass is 388 g/mol. The number of hydrogen-bond donors (Lipinski definition) is 0. The van der Waals surface area contributed by atoms with E-state index in [2.05, 4.69) is 15.9 Å². The summed E-state index contributed by atoms with van der Waals surface area (Å²) in [5.41, 5.74) is 0. The molecule has 0 aliphatic heterocycles. The zero-order valence-electron chi connectivity index (χ0n) is 12.1. The Kier molecular flexibility index (Phi) is 4.85. The molecule has 0 unspecified atom stereocenters. The molecule has 0 aromatic heterocycles. The summed E-state index contributed by atoms with van der Waals surface area (Å²) >= 11 is 3.43. The third-order valence-electron chi connectivity index (χ3n) is 3.09. The molecule has 3 rings (SSSR count). The van der Waals surface area contributed by atoms with Crippen LogP contribution < -0.4 is 14.4 Å². The zero-order valence-corrected chi connectivity index (χ0v) is 14.6. The van der Waals surface area contributed by atoms with E-state index in [4.69, 9.17) is 9.05 Å². The normalized spacial score (nSPS) is 11.0. The molecule has 0 amide bonds. The summed E-state index contributed by atoms with van der Waals surface area (Å²) in [4.78, 5) is 0. The first-order valence-electron chi connectivity index (χ1n) is 7.02. The molecule has 3 nitrogen and oxygen atoms in total. The van der Waals surface area contributed by atoms with Crippen LogP contribution in [0, 0.1) is 0 Å². The third-order valence-corrected chi connectivity index (χ3v) is 5.97. The van der Waals surface area contributed by atoms with Gasteiger partial charge in [0.2, 0.25) is 0 Å². The van der Waals surface area contributed by atoms with E-state index in [-0.39, 0.29) is 0 Å². The highest BCUT2D eigenvalue weighted by molar-refractivity contribution is 9.10. The molecule has 0 N–H and O–H groups in total. The Hall–Kier alpha value is -2.03. The highest BCUT2D eigenvalue weighted by Crippen LogP contribution is 2.48. The Balaban J connectivity index is 2.02. The molecule has 0 fully saturated rings. The van der Waals surface area contributed by atoms with Crippen molar-refractivity contribution in [2.24, 2.45) is 0 Å². The van der Waals surface area contributed by atoms with Gasteiger partial charge in [0.05, 0.1) is 0 Å². The van der Waals surface area contributed by atoms with Crippen LogP contribution in [-0.2, 0) is 4.57 Å². The van der Waals surface area contributed by atoms with Crippen molar-refractivity contribution in [2.75, 3.05) is 0 Å². The maximum atomic E-state index is 13.5. The Morgan fingerprint density at radius 3 is 1.57 bits per heavy atom. The molecule has 0 saturated carbocycles. The molecule has 23 heavy (non-hydrogen) atoms. The molecule has 0 atom stereocenters. The maximum absolute atomic E-state index is 13.5. The summed E-state index contributed by atoms with van der Waals surface area (Å²) in [6.45, 7) is 0. The van der Waals surface area contributed by atoms with Crippen LogP contribution in [0.25, 0.3) is 0 Å². The minimum atomic E-state index is -3.60. The molecular formula is C18H14BrO3P. The van der Waals surface area contributed by atoms with Crippen molar-refractivity contribution < 1.29 is 13.6 Å². The zero-order chi connectivity index (χ0) is 16.1. The average Bonchev–Trinajstić information content (AvgIpc) is 2.57. The number of benzene rings is 3. The van der Waals surface area contributed by atoms with Crippen molar-refractivity contribution in [2.45, 2.75) is 0 Å². The van der Waals surface area contributed by atoms with Crippen molar-refractivity contribution in [1.29, 1.82) is 0 Å². The first-order chi connectivity index (χ1) is 11.2. The van der Waals surface area contributed by atoms with Crippen LogP contribution >= 0.6 is 23.5 Å². The van der Waals surface area contributed by atoms with Gasteiger partial charge in [-0.2, -0.15) is 0 Å². The van der Waals surface area contributed by atoms with Crippen molar-refractivity contribution >= 4 is 28.8 Å². The van der Waals surface area contributed by atoms with Crippen LogP contribution in [0.3, 0.4) is 0 Å². The second kappa shape index (κ2) is 7.03. The molecule has 5 heteroatoms. The maximum Gasteiger partial charge on any atom is 0.463 e. The van der Waals surface area contributed by atoms with Crippen LogP contribution in [0.2, 0.25) is 0 Å². The highest BCUT2D eigenvalue weighted by Gasteiger charge is 2.33. The predicted octanol–water partition coefficient (Wildman–Crippen LogP) is 5.43. The summed E-state index contributed by atoms with van der Waals surface area (Å²) in [7, 11) is -3.60. The summed E-state index contributed by atoms with van der Waals surface area (Å²) < 4.78 is 25.7. The Bertz CT molecular complexity index is 776. The first kappa shape index (κ1) is 15.9. The van der Waals surface area contributed by atoms with Crippen LogP contribution in [0.5, 0.6) is 11.5 Å². The van der Waals surface area contributed by atoms with Gasteiger partial charge in [0.1, 0.15) is 16.8 Å². The molecule has 0 heterocycles. The number of para-hydroxylation sites is 2. The molecule has 0 aliphatic carbocycles. The van der Waals surface area contributed by atoms with Crippen LogP contribution in [0.4, 0.5) is 0 Å². The van der Waals surface area contributed by atoms with E-state index in [0.717, 1.165) is 0 Å². The van der Waals surface area contributed by atoms with Gasteiger partial charge < -0.3 is 9.05 Å². The van der Waals surface area contributed by atoms with E-state index in [1.54, 1.807) is 36.4 Å². The van der Waals surface area contributed by atoms with Gasteiger partial charge in [-0.25, -0.2) is 4.57 Å². The SMILES string of the molecule is O=P(Oc1ccccc1)(Oc1ccccc1)c1ccccc1Br. The largest absolute Gasteiger partial charge is 0.463 e. The van der Waals surface area contributed by atoms with Crippen molar-refractivity contribution in [3.05, 3.63) is 89.4 Å². The average molecular weight is 389 g/mol. The lowest BCUT2D eigenvalue weighted by Gasteiger charge is -2.21. The van der Waals surface area contributed by atoms with E-state index >= 15 is 0 Å². The minimum Gasteiger partial charge on any atom is -0.413 e. The molecule has 0 saturated heterocycles.